The van der Waals surface area contributed by atoms with Crippen LogP contribution in [0.15, 0.2) is 30.5 Å². The van der Waals surface area contributed by atoms with Crippen LogP contribution in [0.5, 0.6) is 0 Å². The van der Waals surface area contributed by atoms with E-state index in [1.54, 1.807) is 40.8 Å². The van der Waals surface area contributed by atoms with Crippen molar-refractivity contribution in [2.45, 2.75) is 52.7 Å². The van der Waals surface area contributed by atoms with Crippen molar-refractivity contribution < 1.29 is 23.9 Å². The van der Waals surface area contributed by atoms with Crippen molar-refractivity contribution in [2.24, 2.45) is 5.92 Å². The van der Waals surface area contributed by atoms with E-state index in [1.807, 2.05) is 24.3 Å². The number of aromatic nitrogens is 1. The van der Waals surface area contributed by atoms with Crippen LogP contribution in [-0.2, 0) is 25.5 Å². The fourth-order valence-electron chi connectivity index (χ4n) is 2.77. The van der Waals surface area contributed by atoms with Crippen molar-refractivity contribution >= 4 is 28.9 Å². The second-order valence-electron chi connectivity index (χ2n) is 7.96. The Hall–Kier alpha value is -2.83. The Labute approximate surface area is 165 Å². The fraction of sp³-hybridized carbons (Fsp3) is 0.476. The number of hydrogen-bond acceptors (Lipinski definition) is 5. The van der Waals surface area contributed by atoms with E-state index in [4.69, 9.17) is 9.47 Å². The summed E-state index contributed by atoms with van der Waals surface area (Å²) in [5.41, 5.74) is 0.772. The van der Waals surface area contributed by atoms with E-state index in [0.29, 0.717) is 5.52 Å². The van der Waals surface area contributed by atoms with Gasteiger partial charge in [0.2, 0.25) is 5.91 Å². The van der Waals surface area contributed by atoms with Gasteiger partial charge in [-0.15, -0.1) is 0 Å². The third-order valence-electron chi connectivity index (χ3n) is 4.14. The number of carbonyl (C=O) groups is 3. The molecule has 1 aromatic heterocycles. The number of methoxy groups -OCH3 is 1. The molecule has 1 aromatic carbocycles. The first-order valence-corrected chi connectivity index (χ1v) is 9.24. The molecule has 1 heterocycles. The van der Waals surface area contributed by atoms with E-state index in [1.165, 1.54) is 11.7 Å². The Morgan fingerprint density at radius 3 is 2.36 bits per heavy atom. The number of nitrogens with one attached hydrogen (secondary N) is 1. The van der Waals surface area contributed by atoms with Crippen molar-refractivity contribution in [2.75, 3.05) is 7.11 Å². The number of benzene rings is 1. The lowest BCUT2D eigenvalue weighted by Gasteiger charge is -2.19. The molecule has 0 aliphatic rings. The predicted molar refractivity (Wildman–Crippen MR) is 106 cm³/mol. The smallest absolute Gasteiger partial charge is 0.419 e. The van der Waals surface area contributed by atoms with Gasteiger partial charge in [-0.2, -0.15) is 0 Å². The molecule has 0 unspecified atom stereocenters. The molecule has 2 aromatic rings. The lowest BCUT2D eigenvalue weighted by molar-refractivity contribution is -0.145. The van der Waals surface area contributed by atoms with Crippen LogP contribution in [0.3, 0.4) is 0 Å². The molecular formula is C21H28N2O5. The first-order chi connectivity index (χ1) is 13.0. The summed E-state index contributed by atoms with van der Waals surface area (Å²) < 4.78 is 11.7. The summed E-state index contributed by atoms with van der Waals surface area (Å²) in [6.45, 7) is 8.89. The minimum absolute atomic E-state index is 0.196. The van der Waals surface area contributed by atoms with E-state index in [-0.39, 0.29) is 18.2 Å². The van der Waals surface area contributed by atoms with E-state index in [9.17, 15) is 14.4 Å². The van der Waals surface area contributed by atoms with Crippen LogP contribution in [0.4, 0.5) is 4.79 Å². The van der Waals surface area contributed by atoms with Crippen molar-refractivity contribution in [1.82, 2.24) is 9.88 Å². The maximum Gasteiger partial charge on any atom is 0.419 e. The SMILES string of the molecule is COC(=O)[C@H](Cc1cn(C(=O)OC(C)(C)C)c2ccccc12)NC(=O)C(C)C. The van der Waals surface area contributed by atoms with E-state index in [2.05, 4.69) is 5.32 Å². The molecule has 7 heteroatoms. The van der Waals surface area contributed by atoms with Crippen LogP contribution in [0.2, 0.25) is 0 Å². The summed E-state index contributed by atoms with van der Waals surface area (Å²) in [6, 6.07) is 6.50. The number of esters is 1. The second-order valence-corrected chi connectivity index (χ2v) is 7.96. The highest BCUT2D eigenvalue weighted by Gasteiger charge is 2.26. The number of hydrogen-bond donors (Lipinski definition) is 1. The quantitative estimate of drug-likeness (QED) is 0.795. The second kappa shape index (κ2) is 8.46. The molecule has 1 atom stereocenters. The minimum atomic E-state index is -0.849. The molecule has 0 saturated heterocycles. The van der Waals surface area contributed by atoms with E-state index < -0.39 is 23.7 Å². The van der Waals surface area contributed by atoms with Gasteiger partial charge in [0.15, 0.2) is 0 Å². The van der Waals surface area contributed by atoms with Crippen LogP contribution < -0.4 is 5.32 Å². The van der Waals surface area contributed by atoms with Crippen LogP contribution in [0, 0.1) is 5.92 Å². The molecule has 0 saturated carbocycles. The van der Waals surface area contributed by atoms with Crippen molar-refractivity contribution in [1.29, 1.82) is 0 Å². The summed E-state index contributed by atoms with van der Waals surface area (Å²) >= 11 is 0. The summed E-state index contributed by atoms with van der Waals surface area (Å²) in [5.74, 6) is -1.05. The third-order valence-corrected chi connectivity index (χ3v) is 4.14. The highest BCUT2D eigenvalue weighted by molar-refractivity contribution is 5.93. The molecule has 0 radical (unpaired) electrons. The first kappa shape index (κ1) is 21.5. The Morgan fingerprint density at radius 2 is 1.79 bits per heavy atom. The Morgan fingerprint density at radius 1 is 1.14 bits per heavy atom. The molecule has 152 valence electrons. The maximum absolute atomic E-state index is 12.6. The zero-order valence-electron chi connectivity index (χ0n) is 17.2. The Bertz CT molecular complexity index is 877. The van der Waals surface area contributed by atoms with Gasteiger partial charge in [0.25, 0.3) is 0 Å². The average molecular weight is 388 g/mol. The van der Waals surface area contributed by atoms with Gasteiger partial charge in [0, 0.05) is 23.9 Å². The van der Waals surface area contributed by atoms with Crippen molar-refractivity contribution in [3.8, 4) is 0 Å². The van der Waals surface area contributed by atoms with Gasteiger partial charge >= 0.3 is 12.1 Å². The average Bonchev–Trinajstić information content (AvgIpc) is 2.97. The highest BCUT2D eigenvalue weighted by atomic mass is 16.6. The number of amides is 1. The molecule has 0 bridgehead atoms. The lowest BCUT2D eigenvalue weighted by atomic mass is 10.0. The molecule has 1 amide bonds. The topological polar surface area (TPSA) is 86.6 Å². The monoisotopic (exact) mass is 388 g/mol. The van der Waals surface area contributed by atoms with Gasteiger partial charge in [-0.1, -0.05) is 32.0 Å². The number of nitrogens with zero attached hydrogens (tertiary/aromatic N) is 1. The summed E-state index contributed by atoms with van der Waals surface area (Å²) in [6.07, 6.45) is 1.34. The molecule has 0 spiro atoms. The molecule has 2 rings (SSSR count). The first-order valence-electron chi connectivity index (χ1n) is 9.24. The van der Waals surface area contributed by atoms with Crippen molar-refractivity contribution in [3.05, 3.63) is 36.0 Å². The summed E-state index contributed by atoms with van der Waals surface area (Å²) in [7, 11) is 1.28. The number of rotatable bonds is 5. The van der Waals surface area contributed by atoms with Crippen LogP contribution in [0.1, 0.15) is 40.2 Å². The molecule has 0 aliphatic carbocycles. The molecule has 28 heavy (non-hydrogen) atoms. The van der Waals surface area contributed by atoms with Gasteiger partial charge in [-0.3, -0.25) is 9.36 Å². The van der Waals surface area contributed by atoms with Crippen LogP contribution in [0.25, 0.3) is 10.9 Å². The van der Waals surface area contributed by atoms with E-state index in [0.717, 1.165) is 10.9 Å². The Balaban J connectivity index is 2.41. The standard InChI is InChI=1S/C21H28N2O5/c1-13(2)18(24)22-16(19(25)27-6)11-14-12-23(20(26)28-21(3,4)5)17-10-8-7-9-15(14)17/h7-10,12-13,16H,11H2,1-6H3,(H,22,24)/t16-/m0/s1. The van der Waals surface area contributed by atoms with Crippen LogP contribution in [-0.4, -0.2) is 41.3 Å². The maximum atomic E-state index is 12.6. The molecule has 7 nitrogen and oxygen atoms in total. The van der Waals surface area contributed by atoms with Gasteiger partial charge in [0.05, 0.1) is 12.6 Å². The summed E-state index contributed by atoms with van der Waals surface area (Å²) in [5, 5.41) is 3.52. The molecule has 0 aliphatic heterocycles. The zero-order chi connectivity index (χ0) is 21.1. The van der Waals surface area contributed by atoms with Gasteiger partial charge in [-0.05, 0) is 32.4 Å². The van der Waals surface area contributed by atoms with Crippen LogP contribution >= 0.6 is 0 Å². The molecular weight excluding hydrogens is 360 g/mol. The highest BCUT2D eigenvalue weighted by Crippen LogP contribution is 2.24. The zero-order valence-corrected chi connectivity index (χ0v) is 17.2. The number of fused-ring (bicyclic) bond motifs is 1. The predicted octanol–water partition coefficient (Wildman–Crippen LogP) is 3.28. The lowest BCUT2D eigenvalue weighted by Crippen LogP contribution is -2.44. The minimum Gasteiger partial charge on any atom is -0.467 e. The van der Waals surface area contributed by atoms with Gasteiger partial charge < -0.3 is 14.8 Å². The fourth-order valence-corrected chi connectivity index (χ4v) is 2.77. The number of ether oxygens (including phenoxy) is 2. The number of carbonyl (C=O) groups excluding carboxylic acids is 3. The third kappa shape index (κ3) is 5.12. The van der Waals surface area contributed by atoms with Gasteiger partial charge in [-0.25, -0.2) is 9.59 Å². The number of para-hydroxylation sites is 1. The summed E-state index contributed by atoms with van der Waals surface area (Å²) in [4.78, 5) is 36.9. The van der Waals surface area contributed by atoms with Gasteiger partial charge in [0.1, 0.15) is 11.6 Å². The molecule has 0 fully saturated rings. The molecule has 1 N–H and O–H groups in total. The normalized spacial score (nSPS) is 12.7. The van der Waals surface area contributed by atoms with Crippen molar-refractivity contribution in [3.63, 3.8) is 0 Å². The Kier molecular flexibility index (Phi) is 6.48. The van der Waals surface area contributed by atoms with E-state index >= 15 is 0 Å². The largest absolute Gasteiger partial charge is 0.467 e.